The van der Waals surface area contributed by atoms with Gasteiger partial charge in [-0.2, -0.15) is 0 Å². The highest BCUT2D eigenvalue weighted by Gasteiger charge is 2.25. The van der Waals surface area contributed by atoms with Crippen LogP contribution in [0.5, 0.6) is 0 Å². The molecule has 194 valence electrons. The molecule has 3 N–H and O–H groups in total. The molecule has 5 rings (SSSR count). The van der Waals surface area contributed by atoms with Gasteiger partial charge in [0.15, 0.2) is 0 Å². The van der Waals surface area contributed by atoms with Gasteiger partial charge < -0.3 is 15.0 Å². The number of aromatic amines is 1. The molecule has 1 atom stereocenters. The number of carboxylic acids is 1. The second-order valence-corrected chi connectivity index (χ2v) is 10.2. The number of rotatable bonds is 8. The number of aliphatic carboxylic acids is 1. The summed E-state index contributed by atoms with van der Waals surface area (Å²) in [7, 11) is 0. The van der Waals surface area contributed by atoms with Gasteiger partial charge >= 0.3 is 5.97 Å². The first-order chi connectivity index (χ1) is 18.1. The van der Waals surface area contributed by atoms with Crippen LogP contribution in [-0.4, -0.2) is 53.2 Å². The van der Waals surface area contributed by atoms with Crippen LogP contribution >= 0.6 is 0 Å². The number of pyridine rings is 1. The summed E-state index contributed by atoms with van der Waals surface area (Å²) in [6.45, 7) is 4.52. The van der Waals surface area contributed by atoms with Crippen LogP contribution in [0.3, 0.4) is 0 Å². The largest absolute Gasteiger partial charge is 0.480 e. The molecular formula is C30H36N4O3. The molecule has 0 spiro atoms. The minimum Gasteiger partial charge on any atom is -0.480 e. The predicted octanol–water partition coefficient (Wildman–Crippen LogP) is 4.41. The second-order valence-electron chi connectivity index (χ2n) is 10.2. The fourth-order valence-corrected chi connectivity index (χ4v) is 5.66. The van der Waals surface area contributed by atoms with Gasteiger partial charge in [-0.3, -0.25) is 19.8 Å². The second kappa shape index (κ2) is 11.8. The number of nitrogens with one attached hydrogen (secondary N) is 2. The maximum Gasteiger partial charge on any atom is 0.325 e. The van der Waals surface area contributed by atoms with Gasteiger partial charge in [-0.1, -0.05) is 67.8 Å². The van der Waals surface area contributed by atoms with Crippen molar-refractivity contribution in [2.75, 3.05) is 31.1 Å². The van der Waals surface area contributed by atoms with Crippen molar-refractivity contribution in [2.45, 2.75) is 50.7 Å². The Bertz CT molecular complexity index is 1230. The Morgan fingerprint density at radius 1 is 0.919 bits per heavy atom. The molecule has 2 heterocycles. The fourth-order valence-electron chi connectivity index (χ4n) is 5.66. The third kappa shape index (κ3) is 6.12. The summed E-state index contributed by atoms with van der Waals surface area (Å²) in [6, 6.07) is 20.9. The van der Waals surface area contributed by atoms with Crippen molar-refractivity contribution in [1.82, 2.24) is 15.2 Å². The Morgan fingerprint density at radius 2 is 1.62 bits per heavy atom. The van der Waals surface area contributed by atoms with Crippen molar-refractivity contribution in [2.24, 2.45) is 0 Å². The molecule has 1 aliphatic carbocycles. The summed E-state index contributed by atoms with van der Waals surface area (Å²) in [5.74, 6) is -0.977. The van der Waals surface area contributed by atoms with E-state index >= 15 is 0 Å². The summed E-state index contributed by atoms with van der Waals surface area (Å²) in [4.78, 5) is 32.6. The number of carbonyl (C=O) groups is 1. The minimum absolute atomic E-state index is 0.160. The molecule has 7 nitrogen and oxygen atoms in total. The van der Waals surface area contributed by atoms with Crippen LogP contribution in [0, 0.1) is 0 Å². The van der Waals surface area contributed by atoms with Crippen LogP contribution in [0.1, 0.15) is 49.3 Å². The zero-order chi connectivity index (χ0) is 25.6. The highest BCUT2D eigenvalue weighted by Crippen LogP contribution is 2.26. The first kappa shape index (κ1) is 25.2. The summed E-state index contributed by atoms with van der Waals surface area (Å²) in [5.41, 5.74) is 3.85. The van der Waals surface area contributed by atoms with Gasteiger partial charge in [0.05, 0.1) is 0 Å². The number of piperazine rings is 1. The smallest absolute Gasteiger partial charge is 0.325 e. The van der Waals surface area contributed by atoms with E-state index in [1.54, 1.807) is 30.3 Å². The summed E-state index contributed by atoms with van der Waals surface area (Å²) in [6.07, 6.45) is 6.86. The maximum atomic E-state index is 12.8. The van der Waals surface area contributed by atoms with Gasteiger partial charge in [0.2, 0.25) is 0 Å². The van der Waals surface area contributed by atoms with Crippen molar-refractivity contribution in [3.05, 3.63) is 88.2 Å². The summed E-state index contributed by atoms with van der Waals surface area (Å²) >= 11 is 0. The normalized spacial score (nSPS) is 18.0. The number of nitrogens with zero attached hydrogens (tertiary/aromatic N) is 2. The number of anilines is 1. The van der Waals surface area contributed by atoms with Gasteiger partial charge in [-0.05, 0) is 42.2 Å². The lowest BCUT2D eigenvalue weighted by atomic mass is 9.94. The van der Waals surface area contributed by atoms with Crippen LogP contribution in [0.2, 0.25) is 0 Å². The molecule has 2 aliphatic rings. The Labute approximate surface area is 218 Å². The first-order valence-corrected chi connectivity index (χ1v) is 13.4. The van der Waals surface area contributed by atoms with Crippen molar-refractivity contribution >= 4 is 11.7 Å². The SMILES string of the molecule is O=C(O)[C@@H](NCc1ccc(-c2ccc(N3CCN(C4CCCCC4)CC3)cc2)[nH]c1=O)c1ccccc1. The molecule has 1 saturated carbocycles. The van der Waals surface area contributed by atoms with E-state index in [1.807, 2.05) is 12.1 Å². The van der Waals surface area contributed by atoms with Crippen LogP contribution < -0.4 is 15.8 Å². The highest BCUT2D eigenvalue weighted by atomic mass is 16.4. The Kier molecular flexibility index (Phi) is 8.02. The number of carboxylic acid groups (broad SMARTS) is 1. The van der Waals surface area contributed by atoms with Gasteiger partial charge in [0, 0.05) is 55.7 Å². The number of hydrogen-bond donors (Lipinski definition) is 3. The topological polar surface area (TPSA) is 88.7 Å². The van der Waals surface area contributed by atoms with Crippen LogP contribution in [-0.2, 0) is 11.3 Å². The average molecular weight is 501 g/mol. The Morgan fingerprint density at radius 3 is 2.27 bits per heavy atom. The molecule has 0 amide bonds. The molecule has 0 unspecified atom stereocenters. The van der Waals surface area contributed by atoms with Gasteiger partial charge in [-0.25, -0.2) is 0 Å². The standard InChI is InChI=1S/C30H36N4O3/c35-29-24(21-31-28(30(36)37)23-7-3-1-4-8-23)13-16-27(32-29)22-11-14-26(15-12-22)34-19-17-33(18-20-34)25-9-5-2-6-10-25/h1,3-4,7-8,11-16,25,28,31H,2,5-6,9-10,17-21H2,(H,32,35)(H,36,37)/t28-/m0/s1. The minimum atomic E-state index is -0.977. The molecule has 2 fully saturated rings. The first-order valence-electron chi connectivity index (χ1n) is 13.4. The highest BCUT2D eigenvalue weighted by molar-refractivity contribution is 5.75. The van der Waals surface area contributed by atoms with E-state index < -0.39 is 12.0 Å². The lowest BCUT2D eigenvalue weighted by molar-refractivity contribution is -0.139. The molecule has 2 aromatic carbocycles. The molecule has 37 heavy (non-hydrogen) atoms. The van der Waals surface area contributed by atoms with Gasteiger partial charge in [-0.15, -0.1) is 0 Å². The lowest BCUT2D eigenvalue weighted by Crippen LogP contribution is -2.50. The third-order valence-corrected chi connectivity index (χ3v) is 7.82. The molecular weight excluding hydrogens is 464 g/mol. The summed E-state index contributed by atoms with van der Waals surface area (Å²) < 4.78 is 0. The van der Waals surface area contributed by atoms with Gasteiger partial charge in [0.1, 0.15) is 6.04 Å². The molecule has 1 aliphatic heterocycles. The van der Waals surface area contributed by atoms with Crippen molar-refractivity contribution in [3.63, 3.8) is 0 Å². The van der Waals surface area contributed by atoms with E-state index in [4.69, 9.17) is 0 Å². The fraction of sp³-hybridized carbons (Fsp3) is 0.400. The molecule has 1 saturated heterocycles. The number of benzene rings is 2. The van der Waals surface area contributed by atoms with E-state index in [-0.39, 0.29) is 12.1 Å². The van der Waals surface area contributed by atoms with Crippen molar-refractivity contribution < 1.29 is 9.90 Å². The quantitative estimate of drug-likeness (QED) is 0.425. The van der Waals surface area contributed by atoms with E-state index in [0.717, 1.165) is 43.5 Å². The van der Waals surface area contributed by atoms with E-state index in [1.165, 1.54) is 37.8 Å². The Balaban J connectivity index is 1.19. The van der Waals surface area contributed by atoms with Crippen molar-refractivity contribution in [1.29, 1.82) is 0 Å². The lowest BCUT2D eigenvalue weighted by Gasteiger charge is -2.41. The molecule has 0 bridgehead atoms. The van der Waals surface area contributed by atoms with Crippen molar-refractivity contribution in [3.8, 4) is 11.3 Å². The van der Waals surface area contributed by atoms with E-state index in [0.29, 0.717) is 11.1 Å². The van der Waals surface area contributed by atoms with Crippen LogP contribution in [0.25, 0.3) is 11.3 Å². The summed E-state index contributed by atoms with van der Waals surface area (Å²) in [5, 5.41) is 12.6. The monoisotopic (exact) mass is 500 g/mol. The zero-order valence-electron chi connectivity index (χ0n) is 21.2. The average Bonchev–Trinajstić information content (AvgIpc) is 2.95. The number of aromatic nitrogens is 1. The number of H-pyrrole nitrogens is 1. The maximum absolute atomic E-state index is 12.8. The zero-order valence-corrected chi connectivity index (χ0v) is 21.2. The third-order valence-electron chi connectivity index (χ3n) is 7.82. The number of hydrogen-bond acceptors (Lipinski definition) is 5. The molecule has 0 radical (unpaired) electrons. The van der Waals surface area contributed by atoms with Crippen LogP contribution in [0.15, 0.2) is 71.5 Å². The van der Waals surface area contributed by atoms with Gasteiger partial charge in [0.25, 0.3) is 5.56 Å². The molecule has 1 aromatic heterocycles. The van der Waals surface area contributed by atoms with E-state index in [9.17, 15) is 14.7 Å². The van der Waals surface area contributed by atoms with E-state index in [2.05, 4.69) is 44.4 Å². The van der Waals surface area contributed by atoms with Crippen LogP contribution in [0.4, 0.5) is 5.69 Å². The molecule has 7 heteroatoms. The Hall–Kier alpha value is -3.42. The predicted molar refractivity (Wildman–Crippen MR) is 147 cm³/mol. The molecule has 3 aromatic rings.